The number of nitrogens with one attached hydrogen (secondary N) is 1. The van der Waals surface area contributed by atoms with Crippen molar-refractivity contribution in [2.75, 3.05) is 12.9 Å². The molecule has 3 nitrogen and oxygen atoms in total. The average molecular weight is 210 g/mol. The van der Waals surface area contributed by atoms with Crippen LogP contribution in [0, 0.1) is 5.41 Å². The SMILES string of the molecule is CSc1ccc(OCCC(=N)N)cc1. The summed E-state index contributed by atoms with van der Waals surface area (Å²) in [5, 5.41) is 7.02. The maximum absolute atomic E-state index is 7.02. The number of hydrogen-bond acceptors (Lipinski definition) is 3. The van der Waals surface area contributed by atoms with Crippen molar-refractivity contribution in [3.63, 3.8) is 0 Å². The number of thioether (sulfide) groups is 1. The zero-order valence-electron chi connectivity index (χ0n) is 8.12. The van der Waals surface area contributed by atoms with E-state index in [0.717, 1.165) is 5.75 Å². The van der Waals surface area contributed by atoms with Gasteiger partial charge in [-0.1, -0.05) is 0 Å². The third-order valence-corrected chi connectivity index (χ3v) is 2.44. The summed E-state index contributed by atoms with van der Waals surface area (Å²) < 4.78 is 5.39. The zero-order chi connectivity index (χ0) is 10.4. The van der Waals surface area contributed by atoms with Gasteiger partial charge >= 0.3 is 0 Å². The summed E-state index contributed by atoms with van der Waals surface area (Å²) in [5.74, 6) is 0.981. The number of rotatable bonds is 5. The van der Waals surface area contributed by atoms with E-state index in [1.807, 2.05) is 30.5 Å². The molecule has 0 heterocycles. The van der Waals surface area contributed by atoms with E-state index >= 15 is 0 Å². The van der Waals surface area contributed by atoms with Crippen molar-refractivity contribution in [3.05, 3.63) is 24.3 Å². The lowest BCUT2D eigenvalue weighted by molar-refractivity contribution is 0.328. The van der Waals surface area contributed by atoms with Crippen molar-refractivity contribution in [2.24, 2.45) is 5.73 Å². The molecule has 0 radical (unpaired) electrons. The summed E-state index contributed by atoms with van der Waals surface area (Å²) >= 11 is 1.70. The quantitative estimate of drug-likeness (QED) is 0.444. The van der Waals surface area contributed by atoms with E-state index in [1.54, 1.807) is 11.8 Å². The molecular formula is C10H14N2OS. The van der Waals surface area contributed by atoms with Gasteiger partial charge in [0.05, 0.1) is 12.4 Å². The minimum atomic E-state index is 0.158. The molecule has 0 bridgehead atoms. The van der Waals surface area contributed by atoms with Gasteiger partial charge in [-0.3, -0.25) is 5.41 Å². The topological polar surface area (TPSA) is 59.1 Å². The Kier molecular flexibility index (Phi) is 4.32. The van der Waals surface area contributed by atoms with Crippen LogP contribution in [0.1, 0.15) is 6.42 Å². The fourth-order valence-corrected chi connectivity index (χ4v) is 1.36. The monoisotopic (exact) mass is 210 g/mol. The lowest BCUT2D eigenvalue weighted by Crippen LogP contribution is -2.13. The van der Waals surface area contributed by atoms with Gasteiger partial charge < -0.3 is 10.5 Å². The van der Waals surface area contributed by atoms with Crippen LogP contribution in [-0.2, 0) is 0 Å². The number of nitrogens with two attached hydrogens (primary N) is 1. The van der Waals surface area contributed by atoms with Crippen LogP contribution in [0.3, 0.4) is 0 Å². The molecule has 0 spiro atoms. The van der Waals surface area contributed by atoms with Crippen molar-refractivity contribution in [1.82, 2.24) is 0 Å². The summed E-state index contributed by atoms with van der Waals surface area (Å²) in [6, 6.07) is 7.86. The van der Waals surface area contributed by atoms with Gasteiger partial charge in [-0.2, -0.15) is 0 Å². The van der Waals surface area contributed by atoms with Crippen LogP contribution in [0.5, 0.6) is 5.75 Å². The summed E-state index contributed by atoms with van der Waals surface area (Å²) in [4.78, 5) is 1.21. The molecule has 1 aromatic carbocycles. The van der Waals surface area contributed by atoms with Gasteiger partial charge in [0, 0.05) is 11.3 Å². The number of benzene rings is 1. The Bertz CT molecular complexity index is 297. The smallest absolute Gasteiger partial charge is 0.119 e. The third-order valence-electron chi connectivity index (χ3n) is 1.70. The lowest BCUT2D eigenvalue weighted by Gasteiger charge is -2.05. The molecule has 76 valence electrons. The molecule has 0 aliphatic rings. The van der Waals surface area contributed by atoms with Crippen molar-refractivity contribution < 1.29 is 4.74 Å². The van der Waals surface area contributed by atoms with E-state index < -0.39 is 0 Å². The molecular weight excluding hydrogens is 196 g/mol. The molecule has 0 fully saturated rings. The summed E-state index contributed by atoms with van der Waals surface area (Å²) in [7, 11) is 0. The molecule has 0 unspecified atom stereocenters. The number of ether oxygens (including phenoxy) is 1. The van der Waals surface area contributed by atoms with E-state index in [9.17, 15) is 0 Å². The highest BCUT2D eigenvalue weighted by molar-refractivity contribution is 7.98. The molecule has 0 atom stereocenters. The van der Waals surface area contributed by atoms with Gasteiger partial charge in [-0.15, -0.1) is 11.8 Å². The Morgan fingerprint density at radius 1 is 1.43 bits per heavy atom. The molecule has 1 aromatic rings. The van der Waals surface area contributed by atoms with E-state index in [0.29, 0.717) is 13.0 Å². The van der Waals surface area contributed by atoms with Gasteiger partial charge in [-0.25, -0.2) is 0 Å². The van der Waals surface area contributed by atoms with Crippen molar-refractivity contribution in [3.8, 4) is 5.75 Å². The van der Waals surface area contributed by atoms with E-state index in [1.165, 1.54) is 4.90 Å². The highest BCUT2D eigenvalue weighted by Crippen LogP contribution is 2.18. The second-order valence-corrected chi connectivity index (χ2v) is 3.68. The molecule has 1 rings (SSSR count). The van der Waals surface area contributed by atoms with Gasteiger partial charge in [0.15, 0.2) is 0 Å². The van der Waals surface area contributed by atoms with Gasteiger partial charge in [-0.05, 0) is 30.5 Å². The van der Waals surface area contributed by atoms with Crippen molar-refractivity contribution in [1.29, 1.82) is 5.41 Å². The second-order valence-electron chi connectivity index (χ2n) is 2.80. The Morgan fingerprint density at radius 3 is 2.57 bits per heavy atom. The molecule has 0 saturated heterocycles. The maximum atomic E-state index is 7.02. The zero-order valence-corrected chi connectivity index (χ0v) is 8.93. The standard InChI is InChI=1S/C10H14N2OS/c1-14-9-4-2-8(3-5-9)13-7-6-10(11)12/h2-5H,6-7H2,1H3,(H3,11,12). The molecule has 0 aliphatic carbocycles. The van der Waals surface area contributed by atoms with Crippen LogP contribution in [-0.4, -0.2) is 18.7 Å². The Balaban J connectivity index is 2.40. The summed E-state index contributed by atoms with van der Waals surface area (Å²) in [6.45, 7) is 0.466. The first-order chi connectivity index (χ1) is 6.72. The highest BCUT2D eigenvalue weighted by Gasteiger charge is 1.95. The van der Waals surface area contributed by atoms with E-state index in [4.69, 9.17) is 15.9 Å². The largest absolute Gasteiger partial charge is 0.493 e. The molecule has 14 heavy (non-hydrogen) atoms. The van der Waals surface area contributed by atoms with Crippen LogP contribution in [0.2, 0.25) is 0 Å². The first-order valence-electron chi connectivity index (χ1n) is 4.32. The van der Waals surface area contributed by atoms with Gasteiger partial charge in [0.25, 0.3) is 0 Å². The fraction of sp³-hybridized carbons (Fsp3) is 0.300. The van der Waals surface area contributed by atoms with Crippen LogP contribution < -0.4 is 10.5 Å². The van der Waals surface area contributed by atoms with Crippen LogP contribution in [0.25, 0.3) is 0 Å². The Labute approximate surface area is 88.2 Å². The Morgan fingerprint density at radius 2 is 2.07 bits per heavy atom. The summed E-state index contributed by atoms with van der Waals surface area (Å²) in [5.41, 5.74) is 5.20. The Hall–Kier alpha value is -1.16. The fourth-order valence-electron chi connectivity index (χ4n) is 0.951. The minimum absolute atomic E-state index is 0.158. The van der Waals surface area contributed by atoms with Crippen molar-refractivity contribution >= 4 is 17.6 Å². The first kappa shape index (κ1) is 10.9. The minimum Gasteiger partial charge on any atom is -0.493 e. The van der Waals surface area contributed by atoms with Crippen LogP contribution in [0.4, 0.5) is 0 Å². The predicted octanol–water partition coefficient (Wildman–Crippen LogP) is 2.11. The van der Waals surface area contributed by atoms with Crippen LogP contribution in [0.15, 0.2) is 29.2 Å². The molecule has 3 N–H and O–H groups in total. The van der Waals surface area contributed by atoms with Crippen molar-refractivity contribution in [2.45, 2.75) is 11.3 Å². The van der Waals surface area contributed by atoms with E-state index in [-0.39, 0.29) is 5.84 Å². The first-order valence-corrected chi connectivity index (χ1v) is 5.54. The molecule has 0 amide bonds. The summed E-state index contributed by atoms with van der Waals surface area (Å²) in [6.07, 6.45) is 2.51. The normalized spacial score (nSPS) is 9.79. The number of hydrogen-bond donors (Lipinski definition) is 2. The molecule has 4 heteroatoms. The highest BCUT2D eigenvalue weighted by atomic mass is 32.2. The molecule has 0 aliphatic heterocycles. The predicted molar refractivity (Wildman–Crippen MR) is 60.2 cm³/mol. The maximum Gasteiger partial charge on any atom is 0.119 e. The number of amidine groups is 1. The van der Waals surface area contributed by atoms with Gasteiger partial charge in [0.2, 0.25) is 0 Å². The van der Waals surface area contributed by atoms with Crippen LogP contribution >= 0.6 is 11.8 Å². The van der Waals surface area contributed by atoms with E-state index in [2.05, 4.69) is 0 Å². The van der Waals surface area contributed by atoms with Gasteiger partial charge in [0.1, 0.15) is 5.75 Å². The lowest BCUT2D eigenvalue weighted by atomic mass is 10.3. The third kappa shape index (κ3) is 3.70. The molecule has 0 saturated carbocycles. The average Bonchev–Trinajstić information content (AvgIpc) is 2.18. The second kappa shape index (κ2) is 5.54. The molecule has 0 aromatic heterocycles.